The van der Waals surface area contributed by atoms with Gasteiger partial charge in [0.1, 0.15) is 10.4 Å². The SMILES string of the molecule is O=C(CCCC[C@@H]1SC[C@@H]2NC(=O)N[C@@H]21)NCCOCCOCCOCCOCCOCCOCCOCCOCCNC(=O)c1cnc(N2CCC3(CC2)NC(=O)N(c2ccccc2)C3=O)s1. The zero-order valence-electron chi connectivity index (χ0n) is 38.8. The van der Waals surface area contributed by atoms with Gasteiger partial charge in [-0.3, -0.25) is 14.4 Å². The number of benzene rings is 1. The summed E-state index contributed by atoms with van der Waals surface area (Å²) in [7, 11) is 0. The third kappa shape index (κ3) is 17.4. The predicted octanol–water partition coefficient (Wildman–Crippen LogP) is 1.94. The monoisotopic (exact) mass is 992 g/mol. The van der Waals surface area contributed by atoms with E-state index in [0.717, 1.165) is 25.0 Å². The van der Waals surface area contributed by atoms with Crippen molar-refractivity contribution in [2.45, 2.75) is 61.4 Å². The molecule has 1 aromatic carbocycles. The summed E-state index contributed by atoms with van der Waals surface area (Å²) in [5.41, 5.74) is -0.385. The second-order valence-electron chi connectivity index (χ2n) is 16.4. The summed E-state index contributed by atoms with van der Waals surface area (Å²) >= 11 is 3.18. The molecule has 378 valence electrons. The summed E-state index contributed by atoms with van der Waals surface area (Å²) in [5.74, 6) is 0.515. The molecule has 1 spiro atoms. The van der Waals surface area contributed by atoms with E-state index < -0.39 is 11.6 Å². The van der Waals surface area contributed by atoms with E-state index in [4.69, 9.17) is 37.9 Å². The molecule has 1 aromatic heterocycles. The Balaban J connectivity index is 0.623. The first-order chi connectivity index (χ1) is 33.3. The molecule has 68 heavy (non-hydrogen) atoms. The first-order valence-corrected chi connectivity index (χ1v) is 25.5. The zero-order chi connectivity index (χ0) is 47.7. The molecule has 0 aliphatic carbocycles. The molecule has 4 saturated heterocycles. The van der Waals surface area contributed by atoms with Gasteiger partial charge in [0, 0.05) is 43.6 Å². The largest absolute Gasteiger partial charge is 0.377 e. The standard InChI is InChI=1S/C45H68N8O13S2/c54-38(9-5-4-8-36-39-35(33-67-36)49-42(57)50-39)46-12-16-59-18-20-61-22-24-63-26-28-65-30-31-66-29-27-64-25-23-62-21-19-60-17-13-47-40(55)37-32-48-44(68-37)52-14-10-45(11-15-52)41(56)53(43(58)51-45)34-6-2-1-3-7-34/h1-3,6-7,32,35-36,39H,4-5,8-31,33H2,(H,46,54)(H,47,55)(H,51,58)(H2,49,50,57)/t35-,36-,39-/m0/s1. The lowest BCUT2D eigenvalue weighted by Crippen LogP contribution is -2.55. The van der Waals surface area contributed by atoms with Gasteiger partial charge in [0.25, 0.3) is 11.8 Å². The Bertz CT molecular complexity index is 1840. The number of anilines is 2. The first-order valence-electron chi connectivity index (χ1n) is 23.6. The van der Waals surface area contributed by atoms with Gasteiger partial charge < -0.3 is 69.4 Å². The molecular formula is C45H68N8O13S2. The Labute approximate surface area is 406 Å². The number of piperidine rings is 1. The number of urea groups is 2. The van der Waals surface area contributed by atoms with Gasteiger partial charge in [0.05, 0.1) is 130 Å². The molecule has 23 heteroatoms. The molecule has 5 heterocycles. The van der Waals surface area contributed by atoms with Gasteiger partial charge in [0.2, 0.25) is 5.91 Å². The number of imide groups is 1. The molecule has 4 aliphatic heterocycles. The van der Waals surface area contributed by atoms with Crippen molar-refractivity contribution in [3.05, 3.63) is 41.4 Å². The lowest BCUT2D eigenvalue weighted by atomic mass is 9.87. The smallest absolute Gasteiger partial charge is 0.329 e. The van der Waals surface area contributed by atoms with Crippen LogP contribution in [0.3, 0.4) is 0 Å². The van der Waals surface area contributed by atoms with Crippen LogP contribution in [0.15, 0.2) is 36.5 Å². The van der Waals surface area contributed by atoms with Gasteiger partial charge >= 0.3 is 12.1 Å². The maximum Gasteiger partial charge on any atom is 0.329 e. The number of amides is 7. The van der Waals surface area contributed by atoms with Crippen LogP contribution < -0.4 is 36.4 Å². The Morgan fingerprint density at radius 1 is 0.706 bits per heavy atom. The number of hydrogen-bond donors (Lipinski definition) is 5. The van der Waals surface area contributed by atoms with Crippen LogP contribution in [-0.4, -0.2) is 195 Å². The number of ether oxygens (including phenoxy) is 8. The molecule has 4 aliphatic rings. The molecule has 0 saturated carbocycles. The Morgan fingerprint density at radius 3 is 1.82 bits per heavy atom. The number of carbonyl (C=O) groups excluding carboxylic acids is 5. The summed E-state index contributed by atoms with van der Waals surface area (Å²) in [6, 6.07) is 8.89. The van der Waals surface area contributed by atoms with E-state index in [1.165, 1.54) is 16.2 Å². The van der Waals surface area contributed by atoms with Crippen molar-refractivity contribution in [1.29, 1.82) is 0 Å². The fourth-order valence-corrected chi connectivity index (χ4v) is 10.4. The Morgan fingerprint density at radius 2 is 1.25 bits per heavy atom. The Kier molecular flexibility index (Phi) is 23.3. The van der Waals surface area contributed by atoms with Crippen molar-refractivity contribution in [1.82, 2.24) is 31.6 Å². The molecule has 0 bridgehead atoms. The van der Waals surface area contributed by atoms with Crippen LogP contribution in [-0.2, 0) is 47.5 Å². The van der Waals surface area contributed by atoms with E-state index in [9.17, 15) is 24.0 Å². The van der Waals surface area contributed by atoms with Crippen molar-refractivity contribution in [3.63, 3.8) is 0 Å². The molecule has 21 nitrogen and oxygen atoms in total. The van der Waals surface area contributed by atoms with Gasteiger partial charge in [-0.1, -0.05) is 36.0 Å². The van der Waals surface area contributed by atoms with E-state index in [-0.39, 0.29) is 35.8 Å². The normalized spacial score (nSPS) is 19.6. The van der Waals surface area contributed by atoms with Crippen molar-refractivity contribution in [3.8, 4) is 0 Å². The number of para-hydroxylation sites is 1. The number of rotatable bonds is 35. The summed E-state index contributed by atoms with van der Waals surface area (Å²) in [6.45, 7) is 8.83. The van der Waals surface area contributed by atoms with E-state index in [2.05, 4.69) is 31.6 Å². The summed E-state index contributed by atoms with van der Waals surface area (Å²) in [6.07, 6.45) is 5.73. The van der Waals surface area contributed by atoms with Crippen molar-refractivity contribution < 1.29 is 61.9 Å². The zero-order valence-corrected chi connectivity index (χ0v) is 40.4. The Hall–Kier alpha value is -4.17. The van der Waals surface area contributed by atoms with Crippen LogP contribution >= 0.6 is 23.1 Å². The number of aromatic nitrogens is 1. The third-order valence-electron chi connectivity index (χ3n) is 11.6. The molecule has 3 atom stereocenters. The maximum atomic E-state index is 13.3. The van der Waals surface area contributed by atoms with Crippen LogP contribution in [0.2, 0.25) is 0 Å². The molecule has 5 N–H and O–H groups in total. The second kappa shape index (κ2) is 29.8. The first kappa shape index (κ1) is 53.2. The predicted molar refractivity (Wildman–Crippen MR) is 255 cm³/mol. The van der Waals surface area contributed by atoms with Crippen molar-refractivity contribution >= 4 is 63.7 Å². The summed E-state index contributed by atoms with van der Waals surface area (Å²) in [5, 5.41) is 15.7. The van der Waals surface area contributed by atoms with Gasteiger partial charge in [-0.2, -0.15) is 11.8 Å². The molecule has 4 fully saturated rings. The molecule has 6 rings (SSSR count). The fourth-order valence-electron chi connectivity index (χ4n) is 7.96. The van der Waals surface area contributed by atoms with Gasteiger partial charge in [-0.15, -0.1) is 0 Å². The average molecular weight is 993 g/mol. The molecular weight excluding hydrogens is 925 g/mol. The number of thioether (sulfide) groups is 1. The lowest BCUT2D eigenvalue weighted by Gasteiger charge is -2.37. The number of fused-ring (bicyclic) bond motifs is 1. The van der Waals surface area contributed by atoms with Gasteiger partial charge in [0.15, 0.2) is 5.13 Å². The van der Waals surface area contributed by atoms with E-state index >= 15 is 0 Å². The highest BCUT2D eigenvalue weighted by molar-refractivity contribution is 8.00. The lowest BCUT2D eigenvalue weighted by molar-refractivity contribution is -0.123. The van der Waals surface area contributed by atoms with Crippen LogP contribution in [0, 0.1) is 0 Å². The minimum atomic E-state index is -0.937. The van der Waals surface area contributed by atoms with Crippen molar-refractivity contribution in [2.75, 3.05) is 147 Å². The molecule has 2 aromatic rings. The maximum absolute atomic E-state index is 13.3. The summed E-state index contributed by atoms with van der Waals surface area (Å²) < 4.78 is 44.2. The van der Waals surface area contributed by atoms with Crippen LogP contribution in [0.1, 0.15) is 48.2 Å². The quantitative estimate of drug-likeness (QED) is 0.0377. The fraction of sp³-hybridized carbons (Fsp3) is 0.689. The molecule has 0 radical (unpaired) electrons. The van der Waals surface area contributed by atoms with E-state index in [1.54, 1.807) is 30.5 Å². The number of hydrogen-bond acceptors (Lipinski definition) is 17. The highest BCUT2D eigenvalue weighted by Gasteiger charge is 2.53. The van der Waals surface area contributed by atoms with Crippen LogP contribution in [0.4, 0.5) is 20.4 Å². The van der Waals surface area contributed by atoms with Gasteiger partial charge in [-0.25, -0.2) is 19.5 Å². The number of nitrogens with one attached hydrogen (secondary N) is 5. The minimum absolute atomic E-state index is 0.0331. The number of nitrogens with zero attached hydrogens (tertiary/aromatic N) is 3. The molecule has 0 unspecified atom stereocenters. The third-order valence-corrected chi connectivity index (χ3v) is 14.1. The number of carbonyl (C=O) groups is 5. The number of unbranched alkanes of at least 4 members (excludes halogenated alkanes) is 1. The van der Waals surface area contributed by atoms with Crippen LogP contribution in [0.25, 0.3) is 0 Å². The highest BCUT2D eigenvalue weighted by atomic mass is 32.2. The van der Waals surface area contributed by atoms with E-state index in [0.29, 0.717) is 172 Å². The van der Waals surface area contributed by atoms with E-state index in [1.807, 2.05) is 22.7 Å². The van der Waals surface area contributed by atoms with Crippen molar-refractivity contribution in [2.24, 2.45) is 0 Å². The number of thiazole rings is 1. The van der Waals surface area contributed by atoms with Gasteiger partial charge in [-0.05, 0) is 37.8 Å². The molecule has 7 amide bonds. The highest BCUT2D eigenvalue weighted by Crippen LogP contribution is 2.35. The summed E-state index contributed by atoms with van der Waals surface area (Å²) in [4.78, 5) is 70.5. The second-order valence-corrected chi connectivity index (χ2v) is 18.6. The minimum Gasteiger partial charge on any atom is -0.377 e. The topological polar surface area (TPSA) is 239 Å². The average Bonchev–Trinajstić information content (AvgIpc) is 4.13. The van der Waals surface area contributed by atoms with Crippen LogP contribution in [0.5, 0.6) is 0 Å².